The third-order valence-electron chi connectivity index (χ3n) is 3.95. The number of nitrogens with two attached hydrogens (primary N) is 1. The normalized spacial score (nSPS) is 24.1. The van der Waals surface area contributed by atoms with E-state index < -0.39 is 0 Å². The molecule has 1 aliphatic rings. The highest BCUT2D eigenvalue weighted by molar-refractivity contribution is 5.95. The molecule has 0 bridgehead atoms. The number of hydrogen-bond donors (Lipinski definition) is 1. The molecule has 98 valence electrons. The number of likely N-dealkylation sites (tertiary alicyclic amines) is 1. The van der Waals surface area contributed by atoms with Crippen LogP contribution >= 0.6 is 0 Å². The van der Waals surface area contributed by atoms with E-state index in [1.54, 1.807) is 0 Å². The van der Waals surface area contributed by atoms with E-state index in [1.165, 1.54) is 0 Å². The highest BCUT2D eigenvalue weighted by Gasteiger charge is 2.29. The summed E-state index contributed by atoms with van der Waals surface area (Å²) in [5, 5.41) is 0. The van der Waals surface area contributed by atoms with Gasteiger partial charge in [0.25, 0.3) is 5.91 Å². The maximum absolute atomic E-state index is 12.6. The third-order valence-corrected chi connectivity index (χ3v) is 3.95. The summed E-state index contributed by atoms with van der Waals surface area (Å²) in [6.07, 6.45) is 2.19. The maximum atomic E-state index is 12.6. The average Bonchev–Trinajstić information content (AvgIpc) is 2.39. The van der Waals surface area contributed by atoms with Crippen molar-refractivity contribution in [2.24, 2.45) is 11.7 Å². The molecule has 1 amide bonds. The van der Waals surface area contributed by atoms with E-state index in [-0.39, 0.29) is 5.91 Å². The molecule has 18 heavy (non-hydrogen) atoms. The smallest absolute Gasteiger partial charge is 0.254 e. The van der Waals surface area contributed by atoms with Gasteiger partial charge in [0.05, 0.1) is 0 Å². The van der Waals surface area contributed by atoms with Crippen LogP contribution in [0, 0.1) is 12.8 Å². The van der Waals surface area contributed by atoms with Gasteiger partial charge in [0.1, 0.15) is 0 Å². The molecule has 2 unspecified atom stereocenters. The van der Waals surface area contributed by atoms with Crippen molar-refractivity contribution in [1.29, 1.82) is 0 Å². The molecule has 1 heterocycles. The molecule has 2 atom stereocenters. The van der Waals surface area contributed by atoms with Gasteiger partial charge in [0, 0.05) is 18.2 Å². The number of nitrogens with zero attached hydrogens (tertiary/aromatic N) is 1. The van der Waals surface area contributed by atoms with E-state index in [4.69, 9.17) is 5.73 Å². The van der Waals surface area contributed by atoms with Gasteiger partial charge in [0.15, 0.2) is 0 Å². The Kier molecular flexibility index (Phi) is 4.02. The summed E-state index contributed by atoms with van der Waals surface area (Å²) in [6, 6.07) is 8.11. The molecule has 3 heteroatoms. The number of piperidine rings is 1. The van der Waals surface area contributed by atoms with Crippen molar-refractivity contribution >= 4 is 5.91 Å². The molecule has 2 N–H and O–H groups in total. The minimum Gasteiger partial charge on any atom is -0.336 e. The molecule has 3 nitrogen and oxygen atoms in total. The number of carbonyl (C=O) groups is 1. The summed E-state index contributed by atoms with van der Waals surface area (Å²) in [5.74, 6) is 0.605. The largest absolute Gasteiger partial charge is 0.336 e. The summed E-state index contributed by atoms with van der Waals surface area (Å²) in [4.78, 5) is 14.6. The topological polar surface area (TPSA) is 46.3 Å². The van der Waals surface area contributed by atoms with Gasteiger partial charge in [-0.2, -0.15) is 0 Å². The van der Waals surface area contributed by atoms with Crippen molar-refractivity contribution in [2.45, 2.75) is 32.7 Å². The van der Waals surface area contributed by atoms with Crippen LogP contribution in [0.25, 0.3) is 0 Å². The van der Waals surface area contributed by atoms with Gasteiger partial charge < -0.3 is 10.6 Å². The monoisotopic (exact) mass is 246 g/mol. The van der Waals surface area contributed by atoms with Crippen LogP contribution in [0.4, 0.5) is 0 Å². The Morgan fingerprint density at radius 3 is 2.78 bits per heavy atom. The molecule has 0 spiro atoms. The number of aryl methyl sites for hydroxylation is 1. The number of hydrogen-bond acceptors (Lipinski definition) is 2. The minimum absolute atomic E-state index is 0.152. The molecule has 1 saturated heterocycles. The van der Waals surface area contributed by atoms with Crippen molar-refractivity contribution in [3.63, 3.8) is 0 Å². The van der Waals surface area contributed by atoms with Crippen molar-refractivity contribution in [3.8, 4) is 0 Å². The number of carbonyl (C=O) groups excluding carboxylic acids is 1. The highest BCUT2D eigenvalue weighted by atomic mass is 16.2. The van der Waals surface area contributed by atoms with Crippen molar-refractivity contribution < 1.29 is 4.79 Å². The van der Waals surface area contributed by atoms with Gasteiger partial charge in [-0.15, -0.1) is 0 Å². The number of benzene rings is 1. The van der Waals surface area contributed by atoms with Crippen LogP contribution in [-0.4, -0.2) is 29.9 Å². The Labute approximate surface area is 109 Å². The molecule has 1 aliphatic heterocycles. The summed E-state index contributed by atoms with van der Waals surface area (Å²) < 4.78 is 0. The lowest BCUT2D eigenvalue weighted by atomic mass is 9.92. The van der Waals surface area contributed by atoms with E-state index in [0.29, 0.717) is 18.5 Å². The van der Waals surface area contributed by atoms with Crippen molar-refractivity contribution in [3.05, 3.63) is 35.4 Å². The van der Waals surface area contributed by atoms with E-state index >= 15 is 0 Å². The zero-order chi connectivity index (χ0) is 13.1. The molecule has 0 saturated carbocycles. The second-order valence-corrected chi connectivity index (χ2v) is 5.30. The van der Waals surface area contributed by atoms with E-state index in [1.807, 2.05) is 36.1 Å². The Bertz CT molecular complexity index is 430. The third kappa shape index (κ3) is 2.56. The fourth-order valence-electron chi connectivity index (χ4n) is 2.63. The molecule has 0 aromatic heterocycles. The Hall–Kier alpha value is -1.35. The quantitative estimate of drug-likeness (QED) is 0.869. The van der Waals surface area contributed by atoms with Crippen LogP contribution in [0.1, 0.15) is 35.7 Å². The first kappa shape index (κ1) is 13.1. The predicted octanol–water partition coefficient (Wildman–Crippen LogP) is 2.19. The highest BCUT2D eigenvalue weighted by Crippen LogP contribution is 2.23. The molecular formula is C15H22N2O. The zero-order valence-corrected chi connectivity index (χ0v) is 11.2. The van der Waals surface area contributed by atoms with E-state index in [0.717, 1.165) is 30.5 Å². The van der Waals surface area contributed by atoms with Crippen LogP contribution in [0.3, 0.4) is 0 Å². The van der Waals surface area contributed by atoms with Gasteiger partial charge in [-0.1, -0.05) is 18.2 Å². The van der Waals surface area contributed by atoms with Crippen LogP contribution < -0.4 is 5.73 Å². The first-order valence-electron chi connectivity index (χ1n) is 6.70. The van der Waals surface area contributed by atoms with Crippen LogP contribution in [-0.2, 0) is 0 Å². The van der Waals surface area contributed by atoms with Crippen LogP contribution in [0.15, 0.2) is 24.3 Å². The Morgan fingerprint density at radius 1 is 1.39 bits per heavy atom. The van der Waals surface area contributed by atoms with Crippen molar-refractivity contribution in [1.82, 2.24) is 4.90 Å². The minimum atomic E-state index is 0.152. The number of rotatable bonds is 2. The Balaban J connectivity index is 2.19. The van der Waals surface area contributed by atoms with Gasteiger partial charge in [-0.05, 0) is 50.8 Å². The van der Waals surface area contributed by atoms with E-state index in [9.17, 15) is 4.79 Å². The lowest BCUT2D eigenvalue weighted by molar-refractivity contribution is 0.0566. The van der Waals surface area contributed by atoms with E-state index in [2.05, 4.69) is 6.92 Å². The molecule has 2 rings (SSSR count). The average molecular weight is 246 g/mol. The summed E-state index contributed by atoms with van der Waals surface area (Å²) >= 11 is 0. The molecule has 1 fully saturated rings. The fraction of sp³-hybridized carbons (Fsp3) is 0.533. The Morgan fingerprint density at radius 2 is 2.11 bits per heavy atom. The van der Waals surface area contributed by atoms with Crippen LogP contribution in [0.2, 0.25) is 0 Å². The fourth-order valence-corrected chi connectivity index (χ4v) is 2.63. The van der Waals surface area contributed by atoms with Gasteiger partial charge in [-0.3, -0.25) is 4.79 Å². The lowest BCUT2D eigenvalue weighted by Gasteiger charge is -2.38. The number of amides is 1. The second kappa shape index (κ2) is 5.53. The first-order chi connectivity index (χ1) is 8.63. The van der Waals surface area contributed by atoms with Crippen molar-refractivity contribution in [2.75, 3.05) is 13.1 Å². The van der Waals surface area contributed by atoms with Gasteiger partial charge >= 0.3 is 0 Å². The van der Waals surface area contributed by atoms with Gasteiger partial charge in [0.2, 0.25) is 0 Å². The first-order valence-corrected chi connectivity index (χ1v) is 6.70. The molecule has 0 aliphatic carbocycles. The van der Waals surface area contributed by atoms with Gasteiger partial charge in [-0.25, -0.2) is 0 Å². The lowest BCUT2D eigenvalue weighted by Crippen LogP contribution is -2.47. The molecule has 1 aromatic rings. The van der Waals surface area contributed by atoms with Crippen LogP contribution in [0.5, 0.6) is 0 Å². The molecule has 0 radical (unpaired) electrons. The zero-order valence-electron chi connectivity index (χ0n) is 11.2. The summed E-state index contributed by atoms with van der Waals surface area (Å²) in [6.45, 7) is 5.58. The maximum Gasteiger partial charge on any atom is 0.254 e. The molecule has 1 aromatic carbocycles. The second-order valence-electron chi connectivity index (χ2n) is 5.30. The summed E-state index contributed by atoms with van der Waals surface area (Å²) in [7, 11) is 0. The SMILES string of the molecule is Cc1ccccc1C(=O)N1CC(CN)CCC1C. The predicted molar refractivity (Wildman–Crippen MR) is 73.5 cm³/mol. The standard InChI is InChI=1S/C15H22N2O/c1-11-5-3-4-6-14(11)15(18)17-10-13(9-16)8-7-12(17)2/h3-6,12-13H,7-10,16H2,1-2H3. The molecular weight excluding hydrogens is 224 g/mol. The summed E-state index contributed by atoms with van der Waals surface area (Å²) in [5.41, 5.74) is 7.61.